The SMILES string of the molecule is C[C@@H]1[C@H](NC(=O)Cc2ccc3scnc3c2)C2CCN1CC2. The van der Waals surface area contributed by atoms with Gasteiger partial charge in [-0.15, -0.1) is 11.3 Å². The largest absolute Gasteiger partial charge is 0.351 e. The minimum Gasteiger partial charge on any atom is -0.351 e. The number of carbonyl (C=O) groups is 1. The third kappa shape index (κ3) is 2.52. The molecule has 116 valence electrons. The summed E-state index contributed by atoms with van der Waals surface area (Å²) in [5, 5.41) is 3.29. The number of nitrogens with one attached hydrogen (secondary N) is 1. The molecule has 2 bridgehead atoms. The monoisotopic (exact) mass is 315 g/mol. The van der Waals surface area contributed by atoms with E-state index in [4.69, 9.17) is 0 Å². The van der Waals surface area contributed by atoms with E-state index in [-0.39, 0.29) is 5.91 Å². The van der Waals surface area contributed by atoms with Crippen LogP contribution in [0.2, 0.25) is 0 Å². The summed E-state index contributed by atoms with van der Waals surface area (Å²) in [5.74, 6) is 0.796. The molecular formula is C17H21N3OS. The zero-order chi connectivity index (χ0) is 15.1. The van der Waals surface area contributed by atoms with E-state index in [1.54, 1.807) is 11.3 Å². The molecule has 1 aromatic carbocycles. The van der Waals surface area contributed by atoms with Crippen molar-refractivity contribution in [2.45, 2.75) is 38.3 Å². The van der Waals surface area contributed by atoms with Gasteiger partial charge in [-0.05, 0) is 56.5 Å². The Bertz CT molecular complexity index is 688. The Morgan fingerprint density at radius 2 is 2.23 bits per heavy atom. The van der Waals surface area contributed by atoms with Gasteiger partial charge in [-0.25, -0.2) is 4.98 Å². The van der Waals surface area contributed by atoms with Crippen molar-refractivity contribution in [3.05, 3.63) is 29.3 Å². The number of hydrogen-bond donors (Lipinski definition) is 1. The number of rotatable bonds is 3. The van der Waals surface area contributed by atoms with Crippen LogP contribution in [0.15, 0.2) is 23.7 Å². The van der Waals surface area contributed by atoms with Gasteiger partial charge >= 0.3 is 0 Å². The molecule has 0 aliphatic carbocycles. The maximum Gasteiger partial charge on any atom is 0.224 e. The summed E-state index contributed by atoms with van der Waals surface area (Å²) in [6.07, 6.45) is 2.89. The number of benzene rings is 1. The van der Waals surface area contributed by atoms with E-state index in [2.05, 4.69) is 28.2 Å². The van der Waals surface area contributed by atoms with E-state index >= 15 is 0 Å². The van der Waals surface area contributed by atoms with Crippen LogP contribution >= 0.6 is 11.3 Å². The summed E-state index contributed by atoms with van der Waals surface area (Å²) < 4.78 is 1.18. The first-order valence-corrected chi connectivity index (χ1v) is 8.94. The van der Waals surface area contributed by atoms with Crippen molar-refractivity contribution in [2.24, 2.45) is 5.92 Å². The highest BCUT2D eigenvalue weighted by atomic mass is 32.1. The molecule has 4 nitrogen and oxygen atoms in total. The lowest BCUT2D eigenvalue weighted by molar-refractivity contribution is -0.123. The van der Waals surface area contributed by atoms with Gasteiger partial charge in [-0.2, -0.15) is 0 Å². The normalized spacial score (nSPS) is 30.6. The number of carbonyl (C=O) groups excluding carboxylic acids is 1. The van der Waals surface area contributed by atoms with Gasteiger partial charge in [-0.3, -0.25) is 9.69 Å². The van der Waals surface area contributed by atoms with Crippen molar-refractivity contribution in [1.82, 2.24) is 15.2 Å². The van der Waals surface area contributed by atoms with Gasteiger partial charge in [-0.1, -0.05) is 6.07 Å². The van der Waals surface area contributed by atoms with E-state index in [0.29, 0.717) is 24.4 Å². The summed E-state index contributed by atoms with van der Waals surface area (Å²) in [4.78, 5) is 19.3. The maximum atomic E-state index is 12.4. The highest BCUT2D eigenvalue weighted by Gasteiger charge is 2.40. The molecule has 3 aliphatic rings. The standard InChI is InChI=1S/C17H21N3OS/c1-11-17(13-4-6-20(11)7-5-13)19-16(21)9-12-2-3-15-14(8-12)18-10-22-15/h2-3,8,10-11,13,17H,4-7,9H2,1H3,(H,19,21)/t11-,17+/m1/s1. The second-order valence-electron chi connectivity index (χ2n) is 6.54. The predicted octanol–water partition coefficient (Wildman–Crippen LogP) is 2.44. The lowest BCUT2D eigenvalue weighted by atomic mass is 9.79. The Balaban J connectivity index is 1.43. The fourth-order valence-electron chi connectivity index (χ4n) is 3.98. The summed E-state index contributed by atoms with van der Waals surface area (Å²) in [5.41, 5.74) is 3.89. The Kier molecular flexibility index (Phi) is 3.62. The predicted molar refractivity (Wildman–Crippen MR) is 89.0 cm³/mol. The number of piperidine rings is 3. The molecule has 3 aliphatic heterocycles. The van der Waals surface area contributed by atoms with Gasteiger partial charge in [0.05, 0.1) is 22.1 Å². The molecule has 2 aromatic rings. The molecule has 0 saturated carbocycles. The molecule has 0 unspecified atom stereocenters. The van der Waals surface area contributed by atoms with Gasteiger partial charge in [0.1, 0.15) is 0 Å². The topological polar surface area (TPSA) is 45.2 Å². The number of aromatic nitrogens is 1. The number of fused-ring (bicyclic) bond motifs is 4. The van der Waals surface area contributed by atoms with Gasteiger partial charge < -0.3 is 5.32 Å². The van der Waals surface area contributed by atoms with Crippen molar-refractivity contribution < 1.29 is 4.79 Å². The second kappa shape index (κ2) is 5.63. The van der Waals surface area contributed by atoms with Gasteiger partial charge in [0.15, 0.2) is 0 Å². The second-order valence-corrected chi connectivity index (χ2v) is 7.42. The Labute approximate surface area is 134 Å². The zero-order valence-corrected chi connectivity index (χ0v) is 13.6. The molecule has 1 amide bonds. The molecule has 0 spiro atoms. The molecule has 22 heavy (non-hydrogen) atoms. The van der Waals surface area contributed by atoms with Crippen LogP contribution < -0.4 is 5.32 Å². The van der Waals surface area contributed by atoms with Crippen LogP contribution in [-0.2, 0) is 11.2 Å². The average molecular weight is 315 g/mol. The average Bonchev–Trinajstić information content (AvgIpc) is 2.99. The first kappa shape index (κ1) is 14.2. The van der Waals surface area contributed by atoms with E-state index in [9.17, 15) is 4.79 Å². The Morgan fingerprint density at radius 1 is 1.41 bits per heavy atom. The van der Waals surface area contributed by atoms with Crippen molar-refractivity contribution in [2.75, 3.05) is 13.1 Å². The number of amides is 1. The lowest BCUT2D eigenvalue weighted by Gasteiger charge is -2.50. The van der Waals surface area contributed by atoms with Crippen molar-refractivity contribution in [3.8, 4) is 0 Å². The van der Waals surface area contributed by atoms with Crippen molar-refractivity contribution in [3.63, 3.8) is 0 Å². The molecule has 4 heterocycles. The molecule has 3 saturated heterocycles. The molecule has 1 N–H and O–H groups in total. The molecule has 3 fully saturated rings. The number of thiazole rings is 1. The minimum atomic E-state index is 0.139. The van der Waals surface area contributed by atoms with Gasteiger partial charge in [0, 0.05) is 12.1 Å². The summed E-state index contributed by atoms with van der Waals surface area (Å²) in [6.45, 7) is 4.63. The lowest BCUT2D eigenvalue weighted by Crippen LogP contribution is -2.62. The maximum absolute atomic E-state index is 12.4. The molecule has 2 atom stereocenters. The minimum absolute atomic E-state index is 0.139. The Hall–Kier alpha value is -1.46. The van der Waals surface area contributed by atoms with E-state index < -0.39 is 0 Å². The first-order valence-electron chi connectivity index (χ1n) is 8.06. The van der Waals surface area contributed by atoms with Crippen LogP contribution in [0.25, 0.3) is 10.2 Å². The number of hydrogen-bond acceptors (Lipinski definition) is 4. The highest BCUT2D eigenvalue weighted by molar-refractivity contribution is 7.16. The van der Waals surface area contributed by atoms with E-state index in [1.165, 1.54) is 30.6 Å². The molecule has 0 radical (unpaired) electrons. The fourth-order valence-corrected chi connectivity index (χ4v) is 4.64. The van der Waals surface area contributed by atoms with E-state index in [0.717, 1.165) is 11.1 Å². The third-order valence-corrected chi connectivity index (χ3v) is 6.07. The molecule has 1 aromatic heterocycles. The van der Waals surface area contributed by atoms with Crippen molar-refractivity contribution >= 4 is 27.5 Å². The van der Waals surface area contributed by atoms with Crippen LogP contribution in [0, 0.1) is 5.92 Å². The fraction of sp³-hybridized carbons (Fsp3) is 0.529. The van der Waals surface area contributed by atoms with Crippen molar-refractivity contribution in [1.29, 1.82) is 0 Å². The van der Waals surface area contributed by atoms with Crippen LogP contribution in [0.4, 0.5) is 0 Å². The van der Waals surface area contributed by atoms with E-state index in [1.807, 2.05) is 17.6 Å². The first-order chi connectivity index (χ1) is 10.7. The molecule has 5 rings (SSSR count). The zero-order valence-electron chi connectivity index (χ0n) is 12.8. The Morgan fingerprint density at radius 3 is 3.00 bits per heavy atom. The van der Waals surface area contributed by atoms with Crippen LogP contribution in [-0.4, -0.2) is 41.0 Å². The number of nitrogens with zero attached hydrogens (tertiary/aromatic N) is 2. The summed E-state index contributed by atoms with van der Waals surface area (Å²) in [7, 11) is 0. The van der Waals surface area contributed by atoms with Gasteiger partial charge in [0.25, 0.3) is 0 Å². The summed E-state index contributed by atoms with van der Waals surface area (Å²) in [6, 6.07) is 6.92. The summed E-state index contributed by atoms with van der Waals surface area (Å²) >= 11 is 1.63. The quantitative estimate of drug-likeness (QED) is 0.946. The molecular weight excluding hydrogens is 294 g/mol. The molecule has 5 heteroatoms. The van der Waals surface area contributed by atoms with Crippen LogP contribution in [0.5, 0.6) is 0 Å². The third-order valence-electron chi connectivity index (χ3n) is 5.26. The van der Waals surface area contributed by atoms with Crippen LogP contribution in [0.1, 0.15) is 25.3 Å². The van der Waals surface area contributed by atoms with Gasteiger partial charge in [0.2, 0.25) is 5.91 Å². The van der Waals surface area contributed by atoms with Crippen LogP contribution in [0.3, 0.4) is 0 Å². The smallest absolute Gasteiger partial charge is 0.224 e. The highest BCUT2D eigenvalue weighted by Crippen LogP contribution is 2.32.